The minimum atomic E-state index is -0.433. The van der Waals surface area contributed by atoms with Gasteiger partial charge >= 0.3 is 11.9 Å². The summed E-state index contributed by atoms with van der Waals surface area (Å²) in [4.78, 5) is 26.3. The highest BCUT2D eigenvalue weighted by Gasteiger charge is 2.11. The molecular weight excluding hydrogens is 552 g/mol. The molecule has 43 heavy (non-hydrogen) atoms. The lowest BCUT2D eigenvalue weighted by molar-refractivity contribution is 0.0497. The van der Waals surface area contributed by atoms with E-state index < -0.39 is 5.97 Å². The average molecular weight is 603 g/mol. The minimum absolute atomic E-state index is 0.350. The lowest BCUT2D eigenvalue weighted by Gasteiger charge is -2.08. The predicted molar refractivity (Wildman–Crippen MR) is 180 cm³/mol. The summed E-state index contributed by atoms with van der Waals surface area (Å²) in [5.74, 6) is 0.772. The van der Waals surface area contributed by atoms with Crippen LogP contribution in [0.3, 0.4) is 0 Å². The van der Waals surface area contributed by atoms with E-state index in [-0.39, 0.29) is 5.97 Å². The normalized spacial score (nSPS) is 10.9. The second-order valence-corrected chi connectivity index (χ2v) is 12.4. The van der Waals surface area contributed by atoms with Gasteiger partial charge in [-0.15, -0.1) is 11.8 Å². The van der Waals surface area contributed by atoms with Crippen molar-refractivity contribution in [3.8, 4) is 16.9 Å². The third-order valence-electron chi connectivity index (χ3n) is 7.61. The van der Waals surface area contributed by atoms with Crippen LogP contribution in [-0.4, -0.2) is 24.3 Å². The first-order valence-electron chi connectivity index (χ1n) is 16.4. The number of carbonyl (C=O) groups is 2. The summed E-state index contributed by atoms with van der Waals surface area (Å²) in [6.07, 6.45) is 17.6. The summed E-state index contributed by atoms with van der Waals surface area (Å²) < 4.78 is 10.9. The minimum Gasteiger partial charge on any atom is -0.462 e. The number of hydrogen-bond acceptors (Lipinski definition) is 5. The molecule has 0 N–H and O–H groups in total. The van der Waals surface area contributed by atoms with Crippen molar-refractivity contribution in [3.63, 3.8) is 0 Å². The molecule has 4 nitrogen and oxygen atoms in total. The van der Waals surface area contributed by atoms with Crippen LogP contribution in [0, 0.1) is 0 Å². The third kappa shape index (κ3) is 13.4. The van der Waals surface area contributed by atoms with Crippen molar-refractivity contribution in [1.29, 1.82) is 0 Å². The van der Waals surface area contributed by atoms with Crippen molar-refractivity contribution in [2.24, 2.45) is 0 Å². The number of carbonyl (C=O) groups excluding carboxylic acids is 2. The maximum atomic E-state index is 12.7. The monoisotopic (exact) mass is 602 g/mol. The standard InChI is InChI=1S/C38H50O4S/c1-3-5-7-9-11-12-14-16-30-43-36-27-23-32(24-28-36)31-17-19-34(20-18-31)38(40)42-35-25-21-33(22-26-35)37(39)41-29-15-13-10-8-6-4-2/h17-28H,3-16,29-30H2,1-2H3. The second-order valence-electron chi connectivity index (χ2n) is 11.2. The van der Waals surface area contributed by atoms with Crippen molar-refractivity contribution >= 4 is 23.7 Å². The smallest absolute Gasteiger partial charge is 0.343 e. The molecule has 0 saturated carbocycles. The molecule has 0 saturated heterocycles. The molecule has 0 radical (unpaired) electrons. The Labute approximate surface area is 264 Å². The summed E-state index contributed by atoms with van der Waals surface area (Å²) in [6, 6.07) is 22.6. The van der Waals surface area contributed by atoms with E-state index in [1.165, 1.54) is 81.9 Å². The molecule has 0 aromatic heterocycles. The highest BCUT2D eigenvalue weighted by Crippen LogP contribution is 2.26. The Hall–Kier alpha value is -3.05. The maximum Gasteiger partial charge on any atom is 0.343 e. The third-order valence-corrected chi connectivity index (χ3v) is 8.70. The fourth-order valence-corrected chi connectivity index (χ4v) is 5.84. The van der Waals surface area contributed by atoms with Gasteiger partial charge in [0.25, 0.3) is 0 Å². The highest BCUT2D eigenvalue weighted by molar-refractivity contribution is 7.99. The van der Waals surface area contributed by atoms with E-state index in [9.17, 15) is 9.59 Å². The molecule has 0 aliphatic rings. The highest BCUT2D eigenvalue weighted by atomic mass is 32.2. The molecule has 0 aliphatic carbocycles. The number of unbranched alkanes of at least 4 members (excludes halogenated alkanes) is 12. The van der Waals surface area contributed by atoms with Crippen LogP contribution in [0.15, 0.2) is 77.7 Å². The number of rotatable bonds is 21. The summed E-state index contributed by atoms with van der Waals surface area (Å²) in [6.45, 7) is 4.89. The van der Waals surface area contributed by atoms with Gasteiger partial charge in [-0.2, -0.15) is 0 Å². The Morgan fingerprint density at radius 2 is 1.00 bits per heavy atom. The predicted octanol–water partition coefficient (Wildman–Crippen LogP) is 11.3. The molecule has 0 spiro atoms. The van der Waals surface area contributed by atoms with Crippen LogP contribution in [-0.2, 0) is 4.74 Å². The molecular formula is C38H50O4S. The van der Waals surface area contributed by atoms with E-state index in [4.69, 9.17) is 9.47 Å². The summed E-state index contributed by atoms with van der Waals surface area (Å²) >= 11 is 1.93. The first kappa shape index (κ1) is 34.4. The lowest BCUT2D eigenvalue weighted by Crippen LogP contribution is -2.09. The van der Waals surface area contributed by atoms with Gasteiger partial charge in [0.1, 0.15) is 5.75 Å². The van der Waals surface area contributed by atoms with Gasteiger partial charge in [0, 0.05) is 4.90 Å². The first-order chi connectivity index (χ1) is 21.1. The SMILES string of the molecule is CCCCCCCCCCSc1ccc(-c2ccc(C(=O)Oc3ccc(C(=O)OCCCCCCCC)cc3)cc2)cc1. The van der Waals surface area contributed by atoms with Crippen LogP contribution in [0.5, 0.6) is 5.75 Å². The summed E-state index contributed by atoms with van der Waals surface area (Å²) in [7, 11) is 0. The molecule has 0 atom stereocenters. The largest absolute Gasteiger partial charge is 0.462 e. The molecule has 0 bridgehead atoms. The Balaban J connectivity index is 1.37. The van der Waals surface area contributed by atoms with Gasteiger partial charge in [-0.25, -0.2) is 9.59 Å². The molecule has 0 unspecified atom stereocenters. The molecule has 232 valence electrons. The topological polar surface area (TPSA) is 52.6 Å². The van der Waals surface area contributed by atoms with Gasteiger partial charge in [0.2, 0.25) is 0 Å². The molecule has 5 heteroatoms. The Morgan fingerprint density at radius 3 is 1.58 bits per heavy atom. The zero-order valence-corrected chi connectivity index (χ0v) is 27.1. The van der Waals surface area contributed by atoms with E-state index in [2.05, 4.69) is 38.1 Å². The van der Waals surface area contributed by atoms with Crippen LogP contribution in [0.2, 0.25) is 0 Å². The fraction of sp³-hybridized carbons (Fsp3) is 0.474. The molecule has 0 amide bonds. The Kier molecular flexibility index (Phi) is 16.6. The van der Waals surface area contributed by atoms with Gasteiger partial charge in [-0.1, -0.05) is 115 Å². The fourth-order valence-electron chi connectivity index (χ4n) is 4.92. The van der Waals surface area contributed by atoms with Crippen molar-refractivity contribution in [2.75, 3.05) is 12.4 Å². The van der Waals surface area contributed by atoms with Gasteiger partial charge in [0.15, 0.2) is 0 Å². The molecule has 0 heterocycles. The lowest BCUT2D eigenvalue weighted by atomic mass is 10.0. The second kappa shape index (κ2) is 20.8. The number of hydrogen-bond donors (Lipinski definition) is 0. The van der Waals surface area contributed by atoms with E-state index in [0.29, 0.717) is 23.5 Å². The van der Waals surface area contributed by atoms with Crippen LogP contribution in [0.4, 0.5) is 0 Å². The molecule has 3 rings (SSSR count). The van der Waals surface area contributed by atoms with E-state index in [1.807, 2.05) is 23.9 Å². The van der Waals surface area contributed by atoms with E-state index in [0.717, 1.165) is 29.7 Å². The zero-order valence-electron chi connectivity index (χ0n) is 26.3. The van der Waals surface area contributed by atoms with Gasteiger partial charge in [-0.05, 0) is 78.3 Å². The van der Waals surface area contributed by atoms with Gasteiger partial charge in [-0.3, -0.25) is 0 Å². The van der Waals surface area contributed by atoms with Crippen LogP contribution in [0.1, 0.15) is 124 Å². The number of benzene rings is 3. The maximum absolute atomic E-state index is 12.7. The quantitative estimate of drug-likeness (QED) is 0.0525. The van der Waals surface area contributed by atoms with Gasteiger partial charge in [0.05, 0.1) is 17.7 Å². The van der Waals surface area contributed by atoms with Crippen molar-refractivity contribution < 1.29 is 19.1 Å². The van der Waals surface area contributed by atoms with Crippen LogP contribution >= 0.6 is 11.8 Å². The molecule has 3 aromatic carbocycles. The van der Waals surface area contributed by atoms with Crippen LogP contribution < -0.4 is 4.74 Å². The molecule has 3 aromatic rings. The number of esters is 2. The Morgan fingerprint density at radius 1 is 0.535 bits per heavy atom. The van der Waals surface area contributed by atoms with Crippen molar-refractivity contribution in [3.05, 3.63) is 83.9 Å². The van der Waals surface area contributed by atoms with Gasteiger partial charge < -0.3 is 9.47 Å². The zero-order chi connectivity index (χ0) is 30.5. The summed E-state index contributed by atoms with van der Waals surface area (Å²) in [5.41, 5.74) is 3.10. The first-order valence-corrected chi connectivity index (χ1v) is 17.4. The van der Waals surface area contributed by atoms with Crippen molar-refractivity contribution in [1.82, 2.24) is 0 Å². The average Bonchev–Trinajstić information content (AvgIpc) is 3.04. The Bertz CT molecular complexity index is 1190. The molecule has 0 fully saturated rings. The number of ether oxygens (including phenoxy) is 2. The van der Waals surface area contributed by atoms with E-state index in [1.54, 1.807) is 36.4 Å². The van der Waals surface area contributed by atoms with E-state index >= 15 is 0 Å². The van der Waals surface area contributed by atoms with Crippen LogP contribution in [0.25, 0.3) is 11.1 Å². The summed E-state index contributed by atoms with van der Waals surface area (Å²) in [5, 5.41) is 0. The number of thioether (sulfide) groups is 1. The van der Waals surface area contributed by atoms with Crippen molar-refractivity contribution in [2.45, 2.75) is 109 Å². The molecule has 0 aliphatic heterocycles.